The molecule has 2 aliphatic carbocycles. The Bertz CT molecular complexity index is 2070. The fourth-order valence-electron chi connectivity index (χ4n) is 7.86. The van der Waals surface area contributed by atoms with Gasteiger partial charge in [0.15, 0.2) is 0 Å². The molecule has 0 radical (unpaired) electrons. The minimum atomic E-state index is -4.60. The number of hydrogen-bond acceptors (Lipinski definition) is 6. The number of alkyl halides is 3. The largest absolute Gasteiger partial charge is 0.416 e. The van der Waals surface area contributed by atoms with Gasteiger partial charge >= 0.3 is 6.18 Å². The fraction of sp³-hybridized carbons (Fsp3) is 0.421. The molecule has 12 heteroatoms. The molecule has 2 saturated carbocycles. The number of halogens is 3. The van der Waals surface area contributed by atoms with Crippen LogP contribution in [0, 0.1) is 0 Å². The van der Waals surface area contributed by atoms with Crippen LogP contribution in [0.1, 0.15) is 89.4 Å². The number of H-pyrrole nitrogens is 1. The van der Waals surface area contributed by atoms with Crippen molar-refractivity contribution in [1.29, 1.82) is 0 Å². The zero-order chi connectivity index (χ0) is 34.7. The van der Waals surface area contributed by atoms with Crippen molar-refractivity contribution < 1.29 is 18.0 Å². The summed E-state index contributed by atoms with van der Waals surface area (Å²) < 4.78 is 45.5. The van der Waals surface area contributed by atoms with Crippen LogP contribution in [0.4, 0.5) is 24.8 Å². The number of aromatic amines is 1. The van der Waals surface area contributed by atoms with Gasteiger partial charge in [0, 0.05) is 60.2 Å². The molecule has 50 heavy (non-hydrogen) atoms. The number of rotatable bonds is 11. The molecule has 3 aliphatic rings. The SMILES string of the molecule is Cn1cnnc1CC1(c2cc(NCCc3c[nH]c4ccccc34)nc(N3Cc4c(cc(CNC5(C)CCC5)cc4C(F)(F)F)C3=O)c2)CCC1. The molecular weight excluding hydrogens is 641 g/mol. The highest BCUT2D eigenvalue weighted by Crippen LogP contribution is 2.48. The quantitative estimate of drug-likeness (QED) is 0.136. The van der Waals surface area contributed by atoms with Crippen molar-refractivity contribution in [3.8, 4) is 0 Å². The minimum Gasteiger partial charge on any atom is -0.370 e. The number of para-hydroxylation sites is 1. The van der Waals surface area contributed by atoms with Gasteiger partial charge in [0.2, 0.25) is 0 Å². The van der Waals surface area contributed by atoms with E-state index in [-0.39, 0.29) is 35.2 Å². The number of aromatic nitrogens is 5. The third kappa shape index (κ3) is 5.93. The number of amides is 1. The van der Waals surface area contributed by atoms with Crippen LogP contribution in [-0.2, 0) is 44.6 Å². The summed E-state index contributed by atoms with van der Waals surface area (Å²) in [5.74, 6) is 1.32. The number of hydrogen-bond donors (Lipinski definition) is 3. The van der Waals surface area contributed by atoms with Gasteiger partial charge in [-0.2, -0.15) is 13.2 Å². The Morgan fingerprint density at radius 1 is 1.04 bits per heavy atom. The first-order valence-electron chi connectivity index (χ1n) is 17.4. The van der Waals surface area contributed by atoms with Crippen LogP contribution in [0.3, 0.4) is 0 Å². The van der Waals surface area contributed by atoms with E-state index in [4.69, 9.17) is 4.98 Å². The summed E-state index contributed by atoms with van der Waals surface area (Å²) in [5, 5.41) is 16.5. The Morgan fingerprint density at radius 2 is 1.84 bits per heavy atom. The van der Waals surface area contributed by atoms with Gasteiger partial charge in [0.25, 0.3) is 5.91 Å². The lowest BCUT2D eigenvalue weighted by atomic mass is 9.62. The summed E-state index contributed by atoms with van der Waals surface area (Å²) in [6, 6.07) is 14.9. The number of carbonyl (C=O) groups excluding carboxylic acids is 1. The zero-order valence-corrected chi connectivity index (χ0v) is 28.3. The Hall–Kier alpha value is -4.71. The summed E-state index contributed by atoms with van der Waals surface area (Å²) >= 11 is 0. The van der Waals surface area contributed by atoms with E-state index in [1.165, 1.54) is 16.5 Å². The first-order chi connectivity index (χ1) is 24.0. The normalized spacial score (nSPS) is 17.9. The molecule has 4 heterocycles. The first-order valence-corrected chi connectivity index (χ1v) is 17.4. The summed E-state index contributed by atoms with van der Waals surface area (Å²) in [6.45, 7) is 2.74. The molecule has 8 rings (SSSR count). The Morgan fingerprint density at radius 3 is 2.54 bits per heavy atom. The van der Waals surface area contributed by atoms with Crippen molar-refractivity contribution >= 4 is 28.4 Å². The van der Waals surface area contributed by atoms with Gasteiger partial charge in [0.05, 0.1) is 12.1 Å². The lowest BCUT2D eigenvalue weighted by molar-refractivity contribution is -0.138. The highest BCUT2D eigenvalue weighted by Gasteiger charge is 2.43. The summed E-state index contributed by atoms with van der Waals surface area (Å²) in [7, 11) is 1.92. The second-order valence-corrected chi connectivity index (χ2v) is 14.6. The molecule has 0 atom stereocenters. The van der Waals surface area contributed by atoms with E-state index in [2.05, 4.69) is 38.8 Å². The van der Waals surface area contributed by atoms with Crippen LogP contribution in [0.5, 0.6) is 0 Å². The van der Waals surface area contributed by atoms with Crippen molar-refractivity contribution in [2.45, 2.75) is 88.5 Å². The number of pyridine rings is 1. The number of carbonyl (C=O) groups is 1. The molecule has 5 aromatic rings. The second kappa shape index (κ2) is 12.3. The van der Waals surface area contributed by atoms with Gasteiger partial charge in [-0.15, -0.1) is 10.2 Å². The van der Waals surface area contributed by atoms with Gasteiger partial charge in [-0.3, -0.25) is 9.69 Å². The smallest absolute Gasteiger partial charge is 0.370 e. The van der Waals surface area contributed by atoms with Crippen molar-refractivity contribution in [2.75, 3.05) is 16.8 Å². The molecule has 2 fully saturated rings. The molecule has 2 aromatic carbocycles. The molecule has 0 spiro atoms. The average Bonchev–Trinajstić information content (AvgIpc) is 3.76. The molecule has 3 N–H and O–H groups in total. The standard InChI is InChI=1S/C38H41F3N8O/c1-36(10-5-11-36)44-20-24-15-28-29(30(16-24)38(39,40)41)22-49(35(28)50)33-18-26(37(12-6-13-37)19-34-47-45-23-48(34)2)17-32(46-33)42-14-9-25-21-43-31-8-4-3-7-27(25)31/h3-4,7-8,15-18,21,23,43-44H,5-6,9-14,19-20,22H2,1-2H3,(H,42,46). The topological polar surface area (TPSA) is 104 Å². The van der Waals surface area contributed by atoms with Crippen molar-refractivity contribution in [2.24, 2.45) is 7.05 Å². The Kier molecular flexibility index (Phi) is 7.97. The highest BCUT2D eigenvalue weighted by molar-refractivity contribution is 6.10. The van der Waals surface area contributed by atoms with Gasteiger partial charge in [-0.05, 0) is 98.0 Å². The molecule has 0 saturated heterocycles. The Balaban J connectivity index is 1.13. The van der Waals surface area contributed by atoms with E-state index < -0.39 is 17.6 Å². The first kappa shape index (κ1) is 32.5. The van der Waals surface area contributed by atoms with Crippen LogP contribution >= 0.6 is 0 Å². The second-order valence-electron chi connectivity index (χ2n) is 14.6. The number of benzene rings is 2. The van der Waals surface area contributed by atoms with E-state index in [0.717, 1.165) is 67.2 Å². The molecule has 1 aliphatic heterocycles. The van der Waals surface area contributed by atoms with Crippen LogP contribution in [0.2, 0.25) is 0 Å². The third-order valence-corrected chi connectivity index (χ3v) is 11.3. The maximum atomic E-state index is 14.5. The van der Waals surface area contributed by atoms with Gasteiger partial charge < -0.3 is 20.2 Å². The van der Waals surface area contributed by atoms with Crippen molar-refractivity contribution in [3.05, 3.63) is 100 Å². The predicted octanol–water partition coefficient (Wildman–Crippen LogP) is 7.22. The van der Waals surface area contributed by atoms with Crippen molar-refractivity contribution in [1.82, 2.24) is 30.0 Å². The van der Waals surface area contributed by atoms with Crippen molar-refractivity contribution in [3.63, 3.8) is 0 Å². The van der Waals surface area contributed by atoms with Gasteiger partial charge in [-0.1, -0.05) is 24.6 Å². The Labute approximate surface area is 288 Å². The van der Waals surface area contributed by atoms with Crippen LogP contribution in [0.25, 0.3) is 10.9 Å². The summed E-state index contributed by atoms with van der Waals surface area (Å²) in [4.78, 5) is 23.7. The average molecular weight is 683 g/mol. The molecule has 1 amide bonds. The molecule has 0 bridgehead atoms. The van der Waals surface area contributed by atoms with Gasteiger partial charge in [0.1, 0.15) is 23.8 Å². The molecule has 3 aromatic heterocycles. The van der Waals surface area contributed by atoms with Crippen LogP contribution < -0.4 is 15.5 Å². The van der Waals surface area contributed by atoms with E-state index in [0.29, 0.717) is 30.2 Å². The lowest BCUT2D eigenvalue weighted by Gasteiger charge is -2.42. The molecule has 9 nitrogen and oxygen atoms in total. The number of nitrogens with one attached hydrogen (secondary N) is 3. The lowest BCUT2D eigenvalue weighted by Crippen LogP contribution is -2.47. The number of nitrogens with zero attached hydrogens (tertiary/aromatic N) is 5. The maximum Gasteiger partial charge on any atom is 0.416 e. The number of aryl methyl sites for hydroxylation is 1. The molecule has 260 valence electrons. The van der Waals surface area contributed by atoms with E-state index in [1.807, 2.05) is 48.1 Å². The molecule has 0 unspecified atom stereocenters. The summed E-state index contributed by atoms with van der Waals surface area (Å²) in [5.41, 5.74) is 2.68. The van der Waals surface area contributed by atoms with Crippen LogP contribution in [-0.4, -0.2) is 42.7 Å². The monoisotopic (exact) mass is 682 g/mol. The number of anilines is 2. The highest BCUT2D eigenvalue weighted by atomic mass is 19.4. The van der Waals surface area contributed by atoms with E-state index in [9.17, 15) is 18.0 Å². The predicted molar refractivity (Wildman–Crippen MR) is 186 cm³/mol. The molecular formula is C38H41F3N8O. The maximum absolute atomic E-state index is 14.5. The fourth-order valence-corrected chi connectivity index (χ4v) is 7.86. The third-order valence-electron chi connectivity index (χ3n) is 11.3. The number of fused-ring (bicyclic) bond motifs is 2. The van der Waals surface area contributed by atoms with Gasteiger partial charge in [-0.25, -0.2) is 4.98 Å². The van der Waals surface area contributed by atoms with E-state index >= 15 is 0 Å². The summed E-state index contributed by atoms with van der Waals surface area (Å²) in [6.07, 6.45) is 6.42. The zero-order valence-electron chi connectivity index (χ0n) is 28.3. The van der Waals surface area contributed by atoms with Crippen LogP contribution in [0.15, 0.2) is 61.1 Å². The minimum absolute atomic E-state index is 0.000374. The van der Waals surface area contributed by atoms with E-state index in [1.54, 1.807) is 12.4 Å².